The van der Waals surface area contributed by atoms with Crippen molar-refractivity contribution in [1.29, 1.82) is 0 Å². The molecule has 1 aromatic carbocycles. The zero-order valence-electron chi connectivity index (χ0n) is 14.1. The quantitative estimate of drug-likeness (QED) is 0.703. The van der Waals surface area contributed by atoms with Crippen LogP contribution in [0.1, 0.15) is 30.3 Å². The van der Waals surface area contributed by atoms with Crippen molar-refractivity contribution in [2.75, 3.05) is 13.1 Å². The summed E-state index contributed by atoms with van der Waals surface area (Å²) in [6.45, 7) is 5.31. The third-order valence-electron chi connectivity index (χ3n) is 4.97. The van der Waals surface area contributed by atoms with Crippen LogP contribution >= 0.6 is 0 Å². The molecule has 1 saturated heterocycles. The molecule has 2 aromatic heterocycles. The molecule has 1 aliphatic rings. The number of likely N-dealkylation sites (tertiary alicyclic amines) is 1. The molecule has 0 aliphatic carbocycles. The second-order valence-electron chi connectivity index (χ2n) is 6.47. The summed E-state index contributed by atoms with van der Waals surface area (Å²) >= 11 is 0. The Morgan fingerprint density at radius 2 is 1.88 bits per heavy atom. The smallest absolute Gasteiger partial charge is 0.122 e. The molecule has 124 valence electrons. The lowest BCUT2D eigenvalue weighted by molar-refractivity contribution is 0.193. The highest BCUT2D eigenvalue weighted by Gasteiger charge is 2.26. The van der Waals surface area contributed by atoms with E-state index in [-0.39, 0.29) is 6.04 Å². The second-order valence-corrected chi connectivity index (χ2v) is 6.47. The fourth-order valence-corrected chi connectivity index (χ4v) is 3.61. The summed E-state index contributed by atoms with van der Waals surface area (Å²) in [6.07, 6.45) is 6.28. The summed E-state index contributed by atoms with van der Waals surface area (Å²) in [4.78, 5) is 7.19. The van der Waals surface area contributed by atoms with Crippen molar-refractivity contribution in [2.45, 2.75) is 32.4 Å². The van der Waals surface area contributed by atoms with E-state index in [0.717, 1.165) is 31.1 Å². The Balaban J connectivity index is 1.62. The minimum atomic E-state index is 0.277. The van der Waals surface area contributed by atoms with Gasteiger partial charge in [-0.2, -0.15) is 0 Å². The molecular weight excluding hydrogens is 298 g/mol. The third kappa shape index (κ3) is 2.89. The maximum absolute atomic E-state index is 5.74. The van der Waals surface area contributed by atoms with Gasteiger partial charge in [-0.15, -0.1) is 0 Å². The number of aromatic nitrogens is 2. The van der Waals surface area contributed by atoms with Crippen LogP contribution in [0, 0.1) is 6.92 Å². The van der Waals surface area contributed by atoms with Gasteiger partial charge in [0.2, 0.25) is 0 Å². The van der Waals surface area contributed by atoms with Crippen LogP contribution in [0.5, 0.6) is 0 Å². The van der Waals surface area contributed by atoms with Crippen LogP contribution in [0.15, 0.2) is 59.5 Å². The van der Waals surface area contributed by atoms with Crippen molar-refractivity contribution < 1.29 is 4.42 Å². The van der Waals surface area contributed by atoms with Crippen molar-refractivity contribution in [3.63, 3.8) is 0 Å². The molecule has 3 aromatic rings. The van der Waals surface area contributed by atoms with Crippen molar-refractivity contribution in [3.05, 3.63) is 66.5 Å². The summed E-state index contributed by atoms with van der Waals surface area (Å²) in [5, 5.41) is 0. The van der Waals surface area contributed by atoms with Crippen LogP contribution in [0.4, 0.5) is 0 Å². The Bertz CT molecular complexity index is 771. The largest absolute Gasteiger partial charge is 0.468 e. The summed E-state index contributed by atoms with van der Waals surface area (Å²) in [5.74, 6) is 1.05. The minimum absolute atomic E-state index is 0.277. The SMILES string of the molecule is Cc1c(-c2ccccc2)ncn1C[C@H](c1ccco1)N1CCCC1. The summed E-state index contributed by atoms with van der Waals surface area (Å²) in [6, 6.07) is 14.7. The third-order valence-corrected chi connectivity index (χ3v) is 4.97. The van der Waals surface area contributed by atoms with Crippen LogP contribution in [0.3, 0.4) is 0 Å². The van der Waals surface area contributed by atoms with Gasteiger partial charge in [-0.05, 0) is 45.0 Å². The van der Waals surface area contributed by atoms with Gasteiger partial charge in [-0.25, -0.2) is 4.98 Å². The van der Waals surface area contributed by atoms with Gasteiger partial charge in [0.05, 0.1) is 24.3 Å². The molecule has 0 unspecified atom stereocenters. The second kappa shape index (κ2) is 6.65. The van der Waals surface area contributed by atoms with Crippen LogP contribution in [-0.2, 0) is 6.54 Å². The summed E-state index contributed by atoms with van der Waals surface area (Å²) in [5.41, 5.74) is 3.44. The Hall–Kier alpha value is -2.33. The first-order valence-corrected chi connectivity index (χ1v) is 8.67. The highest BCUT2D eigenvalue weighted by Crippen LogP contribution is 2.29. The predicted molar refractivity (Wildman–Crippen MR) is 94.7 cm³/mol. The number of imidazole rings is 1. The van der Waals surface area contributed by atoms with Gasteiger partial charge >= 0.3 is 0 Å². The van der Waals surface area contributed by atoms with Crippen LogP contribution < -0.4 is 0 Å². The van der Waals surface area contributed by atoms with E-state index < -0.39 is 0 Å². The molecule has 0 radical (unpaired) electrons. The van der Waals surface area contributed by atoms with Gasteiger partial charge in [-0.1, -0.05) is 30.3 Å². The lowest BCUT2D eigenvalue weighted by Gasteiger charge is -2.26. The summed E-state index contributed by atoms with van der Waals surface area (Å²) < 4.78 is 7.99. The van der Waals surface area contributed by atoms with E-state index in [2.05, 4.69) is 51.7 Å². The Morgan fingerprint density at radius 1 is 1.08 bits per heavy atom. The molecule has 3 heterocycles. The number of benzene rings is 1. The normalized spacial score (nSPS) is 16.5. The monoisotopic (exact) mass is 321 g/mol. The Kier molecular flexibility index (Phi) is 4.22. The van der Waals surface area contributed by atoms with Gasteiger partial charge < -0.3 is 8.98 Å². The predicted octanol–water partition coefficient (Wildman–Crippen LogP) is 4.29. The Labute approximate surface area is 142 Å². The summed E-state index contributed by atoms with van der Waals surface area (Å²) in [7, 11) is 0. The standard InChI is InChI=1S/C20H23N3O/c1-16-20(17-8-3-2-4-9-17)21-15-23(16)14-18(19-10-7-13-24-19)22-11-5-6-12-22/h2-4,7-10,13,15,18H,5-6,11-12,14H2,1H3/t18-/m1/s1. The van der Waals surface area contributed by atoms with E-state index in [4.69, 9.17) is 4.42 Å². The van der Waals surface area contributed by atoms with Crippen molar-refractivity contribution >= 4 is 0 Å². The molecule has 0 N–H and O–H groups in total. The molecule has 0 saturated carbocycles. The zero-order valence-corrected chi connectivity index (χ0v) is 14.1. The number of nitrogens with zero attached hydrogens (tertiary/aromatic N) is 3. The zero-order chi connectivity index (χ0) is 16.4. The minimum Gasteiger partial charge on any atom is -0.468 e. The van der Waals surface area contributed by atoms with Crippen LogP contribution in [0.2, 0.25) is 0 Å². The first kappa shape index (κ1) is 15.2. The molecule has 4 heteroatoms. The number of hydrogen-bond acceptors (Lipinski definition) is 3. The highest BCUT2D eigenvalue weighted by atomic mass is 16.3. The van der Waals surface area contributed by atoms with Crippen molar-refractivity contribution in [3.8, 4) is 11.3 Å². The van der Waals surface area contributed by atoms with E-state index in [1.807, 2.05) is 18.5 Å². The molecular formula is C20H23N3O. The van der Waals surface area contributed by atoms with E-state index in [1.165, 1.54) is 24.1 Å². The topological polar surface area (TPSA) is 34.2 Å². The fourth-order valence-electron chi connectivity index (χ4n) is 3.61. The number of rotatable bonds is 5. The lowest BCUT2D eigenvalue weighted by atomic mass is 10.1. The molecule has 4 nitrogen and oxygen atoms in total. The van der Waals surface area contributed by atoms with E-state index in [9.17, 15) is 0 Å². The molecule has 0 amide bonds. The molecule has 24 heavy (non-hydrogen) atoms. The average Bonchev–Trinajstić information content (AvgIpc) is 3.37. The van der Waals surface area contributed by atoms with E-state index in [1.54, 1.807) is 6.26 Å². The molecule has 4 rings (SSSR count). The molecule has 1 aliphatic heterocycles. The Morgan fingerprint density at radius 3 is 2.58 bits per heavy atom. The fraction of sp³-hybridized carbons (Fsp3) is 0.350. The number of hydrogen-bond donors (Lipinski definition) is 0. The molecule has 0 spiro atoms. The van der Waals surface area contributed by atoms with Crippen molar-refractivity contribution in [1.82, 2.24) is 14.5 Å². The average molecular weight is 321 g/mol. The first-order valence-electron chi connectivity index (χ1n) is 8.67. The van der Waals surface area contributed by atoms with Crippen LogP contribution in [-0.4, -0.2) is 27.5 Å². The van der Waals surface area contributed by atoms with E-state index >= 15 is 0 Å². The van der Waals surface area contributed by atoms with Gasteiger partial charge in [0, 0.05) is 17.8 Å². The molecule has 0 bridgehead atoms. The van der Waals surface area contributed by atoms with Gasteiger partial charge in [0.15, 0.2) is 0 Å². The van der Waals surface area contributed by atoms with E-state index in [0.29, 0.717) is 0 Å². The van der Waals surface area contributed by atoms with Gasteiger partial charge in [0.25, 0.3) is 0 Å². The maximum atomic E-state index is 5.74. The molecule has 1 fully saturated rings. The lowest BCUT2D eigenvalue weighted by Crippen LogP contribution is -2.29. The van der Waals surface area contributed by atoms with Gasteiger partial charge in [-0.3, -0.25) is 4.90 Å². The van der Waals surface area contributed by atoms with Gasteiger partial charge in [0.1, 0.15) is 5.76 Å². The van der Waals surface area contributed by atoms with Crippen LogP contribution in [0.25, 0.3) is 11.3 Å². The molecule has 1 atom stereocenters. The van der Waals surface area contributed by atoms with Crippen molar-refractivity contribution in [2.24, 2.45) is 0 Å². The maximum Gasteiger partial charge on any atom is 0.122 e. The highest BCUT2D eigenvalue weighted by molar-refractivity contribution is 5.61. The first-order chi connectivity index (χ1) is 11.8. The number of furan rings is 1.